The normalized spacial score (nSPS) is 11.7. The van der Waals surface area contributed by atoms with E-state index in [1.54, 1.807) is 43.3 Å². The van der Waals surface area contributed by atoms with Gasteiger partial charge in [-0.05, 0) is 49.2 Å². The minimum absolute atomic E-state index is 0.0283. The zero-order valence-electron chi connectivity index (χ0n) is 17.1. The summed E-state index contributed by atoms with van der Waals surface area (Å²) in [7, 11) is 0. The highest BCUT2D eigenvalue weighted by Gasteiger charge is 2.16. The van der Waals surface area contributed by atoms with E-state index in [2.05, 4.69) is 20.4 Å². The molecule has 0 spiro atoms. The molecule has 1 N–H and O–H groups in total. The first-order valence-electron chi connectivity index (χ1n) is 9.80. The summed E-state index contributed by atoms with van der Waals surface area (Å²) in [5.41, 5.74) is 3.39. The number of halogens is 2. The van der Waals surface area contributed by atoms with Crippen molar-refractivity contribution in [1.29, 1.82) is 0 Å². The SMILES string of the molecule is CCCCn1nc(C(=O)N/N=C(\C)c2ccc(OC(F)F)cc2)c2ccccc2c1=O. The summed E-state index contributed by atoms with van der Waals surface area (Å²) in [6.45, 7) is 1.18. The number of benzene rings is 2. The van der Waals surface area contributed by atoms with E-state index in [4.69, 9.17) is 0 Å². The van der Waals surface area contributed by atoms with Gasteiger partial charge in [-0.3, -0.25) is 9.59 Å². The standard InChI is InChI=1S/C22H22F2N4O3/c1-3-4-13-28-21(30)18-8-6-5-7-17(18)19(27-28)20(29)26-25-14(2)15-9-11-16(12-10-15)31-22(23)24/h5-12,22H,3-4,13H2,1-2H3,(H,26,29)/b25-14+. The smallest absolute Gasteiger partial charge is 0.387 e. The Morgan fingerprint density at radius 2 is 1.84 bits per heavy atom. The van der Waals surface area contributed by atoms with E-state index in [9.17, 15) is 18.4 Å². The molecule has 1 amide bonds. The third kappa shape index (κ3) is 5.30. The van der Waals surface area contributed by atoms with Gasteiger partial charge in [0.2, 0.25) is 0 Å². The molecule has 31 heavy (non-hydrogen) atoms. The first-order valence-corrected chi connectivity index (χ1v) is 9.80. The third-order valence-corrected chi connectivity index (χ3v) is 4.63. The van der Waals surface area contributed by atoms with Gasteiger partial charge in [0.15, 0.2) is 5.69 Å². The average molecular weight is 428 g/mol. The number of rotatable bonds is 8. The zero-order valence-corrected chi connectivity index (χ0v) is 17.1. The second-order valence-electron chi connectivity index (χ2n) is 6.82. The minimum Gasteiger partial charge on any atom is -0.435 e. The van der Waals surface area contributed by atoms with Crippen LogP contribution in [0.25, 0.3) is 10.8 Å². The Bertz CT molecular complexity index is 1160. The Balaban J connectivity index is 1.85. The molecule has 0 aliphatic carbocycles. The van der Waals surface area contributed by atoms with E-state index in [-0.39, 0.29) is 17.0 Å². The topological polar surface area (TPSA) is 85.6 Å². The highest BCUT2D eigenvalue weighted by Crippen LogP contribution is 2.16. The van der Waals surface area contributed by atoms with Gasteiger partial charge in [-0.1, -0.05) is 31.5 Å². The summed E-state index contributed by atoms with van der Waals surface area (Å²) < 4.78 is 30.1. The largest absolute Gasteiger partial charge is 0.435 e. The summed E-state index contributed by atoms with van der Waals surface area (Å²) in [6.07, 6.45) is 1.64. The first kappa shape index (κ1) is 22.1. The monoisotopic (exact) mass is 428 g/mol. The van der Waals surface area contributed by atoms with Gasteiger partial charge in [0, 0.05) is 11.9 Å². The van der Waals surface area contributed by atoms with E-state index < -0.39 is 12.5 Å². The second-order valence-corrected chi connectivity index (χ2v) is 6.82. The Kier molecular flexibility index (Phi) is 7.07. The molecule has 9 heteroatoms. The summed E-state index contributed by atoms with van der Waals surface area (Å²) in [5, 5.41) is 9.20. The Hall–Kier alpha value is -3.62. The molecule has 3 rings (SSSR count). The van der Waals surface area contributed by atoms with Crippen LogP contribution in [0, 0.1) is 0 Å². The molecule has 0 unspecified atom stereocenters. The number of fused-ring (bicyclic) bond motifs is 1. The van der Waals surface area contributed by atoms with Crippen molar-refractivity contribution in [3.63, 3.8) is 0 Å². The zero-order chi connectivity index (χ0) is 22.4. The Labute approximate surface area is 177 Å². The van der Waals surface area contributed by atoms with Crippen molar-refractivity contribution < 1.29 is 18.3 Å². The van der Waals surface area contributed by atoms with E-state index in [1.807, 2.05) is 6.92 Å². The van der Waals surface area contributed by atoms with Gasteiger partial charge in [-0.2, -0.15) is 19.0 Å². The summed E-state index contributed by atoms with van der Waals surface area (Å²) in [6, 6.07) is 12.7. The lowest BCUT2D eigenvalue weighted by atomic mass is 10.1. The maximum Gasteiger partial charge on any atom is 0.387 e. The fourth-order valence-corrected chi connectivity index (χ4v) is 2.99. The predicted molar refractivity (Wildman–Crippen MR) is 114 cm³/mol. The van der Waals surface area contributed by atoms with Crippen LogP contribution in [0.2, 0.25) is 0 Å². The number of nitrogens with zero attached hydrogens (tertiary/aromatic N) is 3. The molecule has 1 heterocycles. The van der Waals surface area contributed by atoms with Crippen molar-refractivity contribution in [2.24, 2.45) is 5.10 Å². The van der Waals surface area contributed by atoms with Crippen molar-refractivity contribution in [2.45, 2.75) is 39.8 Å². The molecule has 0 radical (unpaired) electrons. The van der Waals surface area contributed by atoms with Crippen molar-refractivity contribution in [3.05, 3.63) is 70.1 Å². The number of amides is 1. The van der Waals surface area contributed by atoms with E-state index in [0.717, 1.165) is 12.8 Å². The van der Waals surface area contributed by atoms with Crippen LogP contribution in [0.5, 0.6) is 5.75 Å². The van der Waals surface area contributed by atoms with Crippen LogP contribution in [0.4, 0.5) is 8.78 Å². The highest BCUT2D eigenvalue weighted by atomic mass is 19.3. The van der Waals surface area contributed by atoms with Gasteiger partial charge < -0.3 is 4.74 Å². The van der Waals surface area contributed by atoms with Crippen LogP contribution in [0.1, 0.15) is 42.7 Å². The number of nitrogens with one attached hydrogen (secondary N) is 1. The number of carbonyl (C=O) groups excluding carboxylic acids is 1. The number of hydrogen-bond acceptors (Lipinski definition) is 5. The molecular weight excluding hydrogens is 406 g/mol. The molecular formula is C22H22F2N4O3. The number of aromatic nitrogens is 2. The number of hydrazone groups is 1. The molecule has 0 saturated carbocycles. The van der Waals surface area contributed by atoms with Gasteiger partial charge in [-0.15, -0.1) is 0 Å². The van der Waals surface area contributed by atoms with Crippen molar-refractivity contribution in [2.75, 3.05) is 0 Å². The van der Waals surface area contributed by atoms with Gasteiger partial charge in [0.05, 0.1) is 11.1 Å². The van der Waals surface area contributed by atoms with Gasteiger partial charge in [-0.25, -0.2) is 10.1 Å². The quantitative estimate of drug-likeness (QED) is 0.435. The van der Waals surface area contributed by atoms with Crippen LogP contribution >= 0.6 is 0 Å². The number of ether oxygens (including phenoxy) is 1. The van der Waals surface area contributed by atoms with Crippen LogP contribution in [0.3, 0.4) is 0 Å². The van der Waals surface area contributed by atoms with Crippen LogP contribution < -0.4 is 15.7 Å². The fourth-order valence-electron chi connectivity index (χ4n) is 2.99. The van der Waals surface area contributed by atoms with Gasteiger partial charge in [0.1, 0.15) is 5.75 Å². The number of unbranched alkanes of at least 4 members (excludes halogenated alkanes) is 1. The number of aryl methyl sites for hydroxylation is 1. The van der Waals surface area contributed by atoms with Crippen LogP contribution in [0.15, 0.2) is 58.4 Å². The molecule has 0 fully saturated rings. The van der Waals surface area contributed by atoms with Crippen LogP contribution in [-0.4, -0.2) is 28.0 Å². The molecule has 3 aromatic rings. The summed E-state index contributed by atoms with van der Waals surface area (Å²) in [5.74, 6) is -0.529. The van der Waals surface area contributed by atoms with Gasteiger partial charge >= 0.3 is 6.61 Å². The second kappa shape index (κ2) is 9.92. The fraction of sp³-hybridized carbons (Fsp3) is 0.273. The van der Waals surface area contributed by atoms with E-state index in [1.165, 1.54) is 16.8 Å². The molecule has 0 aliphatic heterocycles. The van der Waals surface area contributed by atoms with Crippen molar-refractivity contribution >= 4 is 22.4 Å². The third-order valence-electron chi connectivity index (χ3n) is 4.63. The lowest BCUT2D eigenvalue weighted by molar-refractivity contribution is -0.0498. The van der Waals surface area contributed by atoms with E-state index in [0.29, 0.717) is 28.6 Å². The van der Waals surface area contributed by atoms with Crippen molar-refractivity contribution in [3.8, 4) is 5.75 Å². The van der Waals surface area contributed by atoms with Gasteiger partial charge in [0.25, 0.3) is 11.5 Å². The Morgan fingerprint density at radius 3 is 2.48 bits per heavy atom. The average Bonchev–Trinajstić information content (AvgIpc) is 2.77. The van der Waals surface area contributed by atoms with Crippen molar-refractivity contribution in [1.82, 2.24) is 15.2 Å². The highest BCUT2D eigenvalue weighted by molar-refractivity contribution is 6.06. The van der Waals surface area contributed by atoms with E-state index >= 15 is 0 Å². The molecule has 1 aromatic heterocycles. The number of hydrogen-bond donors (Lipinski definition) is 1. The number of carbonyl (C=O) groups is 1. The number of alkyl halides is 2. The lowest BCUT2D eigenvalue weighted by Gasteiger charge is -2.10. The molecule has 0 bridgehead atoms. The summed E-state index contributed by atoms with van der Waals surface area (Å²) >= 11 is 0. The first-order chi connectivity index (χ1) is 14.9. The molecule has 162 valence electrons. The molecule has 2 aromatic carbocycles. The maximum atomic E-state index is 12.8. The molecule has 0 saturated heterocycles. The predicted octanol–water partition coefficient (Wildman–Crippen LogP) is 3.95. The van der Waals surface area contributed by atoms with Crippen LogP contribution in [-0.2, 0) is 6.54 Å². The lowest BCUT2D eigenvalue weighted by Crippen LogP contribution is -2.29. The summed E-state index contributed by atoms with van der Waals surface area (Å²) in [4.78, 5) is 25.4. The molecule has 7 nitrogen and oxygen atoms in total. The maximum absolute atomic E-state index is 12.8. The minimum atomic E-state index is -2.90. The molecule has 0 aliphatic rings. The molecule has 0 atom stereocenters. The Morgan fingerprint density at radius 1 is 1.16 bits per heavy atom.